The SMILES string of the molecule is COc1ccc(OC)c([C@@H](C)NC(=O)C2CCN(Cc3ccccc3C)CC2)c1. The van der Waals surface area contributed by atoms with Crippen molar-refractivity contribution in [1.82, 2.24) is 10.2 Å². The molecule has 5 heteroatoms. The average molecular weight is 397 g/mol. The van der Waals surface area contributed by atoms with Crippen LogP contribution in [0.5, 0.6) is 11.5 Å². The van der Waals surface area contributed by atoms with Gasteiger partial charge in [0.1, 0.15) is 11.5 Å². The second-order valence-electron chi connectivity index (χ2n) is 7.82. The molecule has 0 aliphatic carbocycles. The van der Waals surface area contributed by atoms with Gasteiger partial charge >= 0.3 is 0 Å². The molecule has 1 saturated heterocycles. The maximum atomic E-state index is 12.9. The number of ether oxygens (including phenoxy) is 2. The fourth-order valence-corrected chi connectivity index (χ4v) is 3.97. The van der Waals surface area contributed by atoms with Crippen LogP contribution in [0.15, 0.2) is 42.5 Å². The van der Waals surface area contributed by atoms with Crippen LogP contribution in [0.1, 0.15) is 42.5 Å². The first-order valence-corrected chi connectivity index (χ1v) is 10.3. The summed E-state index contributed by atoms with van der Waals surface area (Å²) in [5.74, 6) is 1.69. The molecule has 0 unspecified atom stereocenters. The maximum absolute atomic E-state index is 12.9. The number of piperidine rings is 1. The predicted molar refractivity (Wildman–Crippen MR) is 115 cm³/mol. The Bertz CT molecular complexity index is 829. The van der Waals surface area contributed by atoms with Gasteiger partial charge in [-0.3, -0.25) is 9.69 Å². The molecule has 0 saturated carbocycles. The summed E-state index contributed by atoms with van der Waals surface area (Å²) in [7, 11) is 3.28. The van der Waals surface area contributed by atoms with Crippen molar-refractivity contribution in [3.63, 3.8) is 0 Å². The topological polar surface area (TPSA) is 50.8 Å². The summed E-state index contributed by atoms with van der Waals surface area (Å²) in [5.41, 5.74) is 3.62. The highest BCUT2D eigenvalue weighted by atomic mass is 16.5. The number of benzene rings is 2. The Morgan fingerprint density at radius 3 is 2.52 bits per heavy atom. The van der Waals surface area contributed by atoms with Crippen LogP contribution in [-0.4, -0.2) is 38.1 Å². The molecule has 0 aromatic heterocycles. The minimum absolute atomic E-state index is 0.0576. The molecular weight excluding hydrogens is 364 g/mol. The molecule has 1 heterocycles. The van der Waals surface area contributed by atoms with E-state index in [1.165, 1.54) is 11.1 Å². The molecule has 2 aromatic carbocycles. The van der Waals surface area contributed by atoms with Gasteiger partial charge in [0, 0.05) is 18.0 Å². The highest BCUT2D eigenvalue weighted by Gasteiger charge is 2.26. The van der Waals surface area contributed by atoms with E-state index < -0.39 is 0 Å². The van der Waals surface area contributed by atoms with Crippen molar-refractivity contribution in [2.45, 2.75) is 39.3 Å². The third-order valence-corrected chi connectivity index (χ3v) is 5.88. The second kappa shape index (κ2) is 9.79. The van der Waals surface area contributed by atoms with Gasteiger partial charge in [-0.25, -0.2) is 0 Å². The van der Waals surface area contributed by atoms with E-state index in [-0.39, 0.29) is 17.9 Å². The van der Waals surface area contributed by atoms with Crippen LogP contribution in [0.25, 0.3) is 0 Å². The number of rotatable bonds is 7. The van der Waals surface area contributed by atoms with Gasteiger partial charge < -0.3 is 14.8 Å². The van der Waals surface area contributed by atoms with E-state index in [4.69, 9.17) is 9.47 Å². The van der Waals surface area contributed by atoms with Crippen molar-refractivity contribution >= 4 is 5.91 Å². The molecule has 0 spiro atoms. The van der Waals surface area contributed by atoms with E-state index >= 15 is 0 Å². The number of nitrogens with one attached hydrogen (secondary N) is 1. The van der Waals surface area contributed by atoms with E-state index in [1.807, 2.05) is 25.1 Å². The van der Waals surface area contributed by atoms with Gasteiger partial charge in [0.05, 0.1) is 20.3 Å². The number of aryl methyl sites for hydroxylation is 1. The first-order chi connectivity index (χ1) is 14.0. The van der Waals surface area contributed by atoms with Crippen molar-refractivity contribution in [2.75, 3.05) is 27.3 Å². The standard InChI is InChI=1S/C24H32N2O3/c1-17-7-5-6-8-20(17)16-26-13-11-19(12-14-26)24(27)25-18(2)22-15-21(28-3)9-10-23(22)29-4/h5-10,15,18-19H,11-14,16H2,1-4H3,(H,25,27)/t18-/m1/s1. The van der Waals surface area contributed by atoms with Gasteiger partial charge in [0.15, 0.2) is 0 Å². The molecule has 0 radical (unpaired) electrons. The molecular formula is C24H32N2O3. The minimum Gasteiger partial charge on any atom is -0.497 e. The summed E-state index contributed by atoms with van der Waals surface area (Å²) in [5, 5.41) is 3.17. The maximum Gasteiger partial charge on any atom is 0.223 e. The zero-order valence-corrected chi connectivity index (χ0v) is 17.9. The number of likely N-dealkylation sites (tertiary alicyclic amines) is 1. The van der Waals surface area contributed by atoms with Crippen molar-refractivity contribution in [1.29, 1.82) is 0 Å². The smallest absolute Gasteiger partial charge is 0.223 e. The highest BCUT2D eigenvalue weighted by Crippen LogP contribution is 2.30. The Kier molecular flexibility index (Phi) is 7.15. The number of hydrogen-bond acceptors (Lipinski definition) is 4. The van der Waals surface area contributed by atoms with Crippen molar-refractivity contribution < 1.29 is 14.3 Å². The zero-order valence-electron chi connectivity index (χ0n) is 17.9. The van der Waals surface area contributed by atoms with Gasteiger partial charge in [0.25, 0.3) is 0 Å². The molecule has 3 rings (SSSR count). The summed E-state index contributed by atoms with van der Waals surface area (Å²) in [6, 6.07) is 14.0. The molecule has 1 atom stereocenters. The van der Waals surface area contributed by atoms with Crippen LogP contribution in [0, 0.1) is 12.8 Å². The lowest BCUT2D eigenvalue weighted by molar-refractivity contribution is -0.127. The largest absolute Gasteiger partial charge is 0.497 e. The van der Waals surface area contributed by atoms with Crippen molar-refractivity contribution in [3.8, 4) is 11.5 Å². The molecule has 2 aromatic rings. The number of nitrogens with zero attached hydrogens (tertiary/aromatic N) is 1. The quantitative estimate of drug-likeness (QED) is 0.765. The summed E-state index contributed by atoms with van der Waals surface area (Å²) < 4.78 is 10.8. The van der Waals surface area contributed by atoms with Crippen LogP contribution in [-0.2, 0) is 11.3 Å². The summed E-state index contributed by atoms with van der Waals surface area (Å²) in [6.07, 6.45) is 1.78. The van der Waals surface area contributed by atoms with E-state index in [2.05, 4.69) is 41.4 Å². The third-order valence-electron chi connectivity index (χ3n) is 5.88. The van der Waals surface area contributed by atoms with Gasteiger partial charge in [-0.2, -0.15) is 0 Å². The Balaban J connectivity index is 1.55. The van der Waals surface area contributed by atoms with Gasteiger partial charge in [-0.1, -0.05) is 24.3 Å². The van der Waals surface area contributed by atoms with Crippen molar-refractivity contribution in [3.05, 3.63) is 59.2 Å². The third kappa shape index (κ3) is 5.30. The van der Waals surface area contributed by atoms with Crippen LogP contribution in [0.4, 0.5) is 0 Å². The number of carbonyl (C=O) groups excluding carboxylic acids is 1. The van der Waals surface area contributed by atoms with E-state index in [0.29, 0.717) is 0 Å². The van der Waals surface area contributed by atoms with Crippen LogP contribution >= 0.6 is 0 Å². The monoisotopic (exact) mass is 396 g/mol. The summed E-state index contributed by atoms with van der Waals surface area (Å²) in [4.78, 5) is 15.3. The number of methoxy groups -OCH3 is 2. The lowest BCUT2D eigenvalue weighted by Crippen LogP contribution is -2.41. The van der Waals surface area contributed by atoms with Crippen LogP contribution in [0.3, 0.4) is 0 Å². The van der Waals surface area contributed by atoms with Gasteiger partial charge in [-0.05, 0) is 69.1 Å². The van der Waals surface area contributed by atoms with Crippen LogP contribution in [0.2, 0.25) is 0 Å². The number of amides is 1. The predicted octanol–water partition coefficient (Wildman–Crippen LogP) is 4.10. The van der Waals surface area contributed by atoms with E-state index in [1.54, 1.807) is 14.2 Å². The normalized spacial score (nSPS) is 16.3. The molecule has 1 N–H and O–H groups in total. The lowest BCUT2D eigenvalue weighted by Gasteiger charge is -2.32. The Morgan fingerprint density at radius 2 is 1.86 bits per heavy atom. The number of carbonyl (C=O) groups is 1. The molecule has 1 amide bonds. The minimum atomic E-state index is -0.141. The van der Waals surface area contributed by atoms with Crippen LogP contribution < -0.4 is 14.8 Å². The highest BCUT2D eigenvalue weighted by molar-refractivity contribution is 5.79. The second-order valence-corrected chi connectivity index (χ2v) is 7.82. The Labute approximate surface area is 174 Å². The zero-order chi connectivity index (χ0) is 20.8. The number of hydrogen-bond donors (Lipinski definition) is 1. The van der Waals surface area contributed by atoms with E-state index in [0.717, 1.165) is 49.5 Å². The Hall–Kier alpha value is -2.53. The van der Waals surface area contributed by atoms with Crippen molar-refractivity contribution in [2.24, 2.45) is 5.92 Å². The molecule has 29 heavy (non-hydrogen) atoms. The molecule has 1 aliphatic rings. The molecule has 5 nitrogen and oxygen atoms in total. The molecule has 1 aliphatic heterocycles. The summed E-state index contributed by atoms with van der Waals surface area (Å²) >= 11 is 0. The fourth-order valence-electron chi connectivity index (χ4n) is 3.97. The molecule has 0 bridgehead atoms. The molecule has 1 fully saturated rings. The van der Waals surface area contributed by atoms with Gasteiger partial charge in [0.2, 0.25) is 5.91 Å². The first-order valence-electron chi connectivity index (χ1n) is 10.3. The van der Waals surface area contributed by atoms with Gasteiger partial charge in [-0.15, -0.1) is 0 Å². The molecule has 156 valence electrons. The Morgan fingerprint density at radius 1 is 1.14 bits per heavy atom. The first kappa shape index (κ1) is 21.2. The van der Waals surface area contributed by atoms with E-state index in [9.17, 15) is 4.79 Å². The average Bonchev–Trinajstić information content (AvgIpc) is 2.75. The fraction of sp³-hybridized carbons (Fsp3) is 0.458. The summed E-state index contributed by atoms with van der Waals surface area (Å²) in [6.45, 7) is 7.00. The lowest BCUT2D eigenvalue weighted by atomic mass is 9.94.